The molecule has 4 N–H and O–H groups in total. The second kappa shape index (κ2) is 8.39. The molecule has 2 fully saturated rings. The Balaban J connectivity index is 1.23. The van der Waals surface area contributed by atoms with Crippen LogP contribution in [0, 0.1) is 5.41 Å². The number of fused-ring (bicyclic) bond motifs is 1. The molecule has 2 saturated heterocycles. The summed E-state index contributed by atoms with van der Waals surface area (Å²) in [5.74, 6) is 1.58. The topological polar surface area (TPSA) is 105 Å². The molecule has 3 aromatic heterocycles. The van der Waals surface area contributed by atoms with E-state index >= 15 is 0 Å². The van der Waals surface area contributed by atoms with Crippen molar-refractivity contribution in [3.8, 4) is 17.0 Å². The number of hydrogen-bond acceptors (Lipinski definition) is 7. The average molecular weight is 496 g/mol. The quantitative estimate of drug-likeness (QED) is 0.357. The summed E-state index contributed by atoms with van der Waals surface area (Å²) in [5.41, 5.74) is 9.78. The molecule has 8 nitrogen and oxygen atoms in total. The number of H-pyrrole nitrogens is 1. The Hall–Kier alpha value is -2.91. The van der Waals surface area contributed by atoms with Crippen LogP contribution in [-0.2, 0) is 0 Å². The predicted molar refractivity (Wildman–Crippen MR) is 133 cm³/mol. The molecule has 10 heteroatoms. The highest BCUT2D eigenvalue weighted by molar-refractivity contribution is 6.35. The SMILES string of the molecule is N[C@@H](Oc1ccc2[nH]nc(-c3ccc(N4CC5(CCNC5)C4)nc3)c2c1)c1c(Cl)cncc1Cl. The van der Waals surface area contributed by atoms with Crippen LogP contribution in [0.4, 0.5) is 5.82 Å². The predicted octanol–water partition coefficient (Wildman–Crippen LogP) is 4.16. The van der Waals surface area contributed by atoms with Gasteiger partial charge >= 0.3 is 0 Å². The van der Waals surface area contributed by atoms with E-state index in [1.54, 1.807) is 0 Å². The maximum atomic E-state index is 6.24. The molecule has 0 bridgehead atoms. The Labute approximate surface area is 206 Å². The van der Waals surface area contributed by atoms with Crippen molar-refractivity contribution in [2.75, 3.05) is 31.1 Å². The first kappa shape index (κ1) is 21.6. The minimum Gasteiger partial charge on any atom is -0.471 e. The number of ether oxygens (including phenoxy) is 1. The number of rotatable bonds is 5. The fourth-order valence-corrected chi connectivity index (χ4v) is 5.47. The molecular weight excluding hydrogens is 473 g/mol. The van der Waals surface area contributed by atoms with Gasteiger partial charge in [-0.2, -0.15) is 5.10 Å². The van der Waals surface area contributed by atoms with Crippen LogP contribution < -0.4 is 20.7 Å². The molecule has 2 aliphatic heterocycles. The van der Waals surface area contributed by atoms with Crippen LogP contribution in [0.1, 0.15) is 18.2 Å². The first-order valence-electron chi connectivity index (χ1n) is 11.1. The number of aromatic amines is 1. The molecule has 5 heterocycles. The minimum atomic E-state index is -0.841. The molecule has 6 rings (SSSR count). The Morgan fingerprint density at radius 1 is 1.09 bits per heavy atom. The molecule has 0 amide bonds. The standard InChI is InChI=1S/C24H23Cl2N7O/c25-17-9-29-10-18(26)21(17)23(27)34-15-2-3-19-16(7-15)22(32-31-19)14-1-4-20(30-8-14)33-12-24(13-33)5-6-28-11-24/h1-4,7-10,23,28H,5-6,11-13,27H2,(H,31,32)/t23-/m0/s1. The third kappa shape index (κ3) is 3.76. The van der Waals surface area contributed by atoms with Crippen molar-refractivity contribution < 1.29 is 4.74 Å². The van der Waals surface area contributed by atoms with Crippen LogP contribution in [0.25, 0.3) is 22.2 Å². The lowest BCUT2D eigenvalue weighted by Gasteiger charge is -2.48. The first-order valence-corrected chi connectivity index (χ1v) is 11.9. The van der Waals surface area contributed by atoms with Gasteiger partial charge in [-0.1, -0.05) is 23.2 Å². The van der Waals surface area contributed by atoms with Crippen LogP contribution >= 0.6 is 23.2 Å². The Kier molecular flexibility index (Phi) is 5.33. The fraction of sp³-hybridized carbons (Fsp3) is 0.292. The van der Waals surface area contributed by atoms with Crippen LogP contribution in [-0.4, -0.2) is 46.3 Å². The van der Waals surface area contributed by atoms with Crippen LogP contribution in [0.5, 0.6) is 5.75 Å². The molecule has 0 radical (unpaired) electrons. The van der Waals surface area contributed by atoms with Crippen LogP contribution in [0.2, 0.25) is 10.0 Å². The molecule has 2 aliphatic rings. The summed E-state index contributed by atoms with van der Waals surface area (Å²) < 4.78 is 5.96. The summed E-state index contributed by atoms with van der Waals surface area (Å²) in [6.07, 6.45) is 5.26. The zero-order chi connectivity index (χ0) is 23.3. The van der Waals surface area contributed by atoms with Crippen LogP contribution in [0.15, 0.2) is 48.9 Å². The Morgan fingerprint density at radius 3 is 2.62 bits per heavy atom. The monoisotopic (exact) mass is 495 g/mol. The molecule has 34 heavy (non-hydrogen) atoms. The van der Waals surface area contributed by atoms with E-state index in [2.05, 4.69) is 37.5 Å². The van der Waals surface area contributed by atoms with Crippen molar-refractivity contribution in [1.82, 2.24) is 25.5 Å². The van der Waals surface area contributed by atoms with Gasteiger partial charge in [0.1, 0.15) is 17.3 Å². The molecule has 1 aromatic carbocycles. The molecule has 0 aliphatic carbocycles. The zero-order valence-corrected chi connectivity index (χ0v) is 19.8. The van der Waals surface area contributed by atoms with Crippen molar-refractivity contribution in [2.24, 2.45) is 11.1 Å². The smallest absolute Gasteiger partial charge is 0.177 e. The van der Waals surface area contributed by atoms with Gasteiger partial charge < -0.3 is 15.0 Å². The lowest BCUT2D eigenvalue weighted by atomic mass is 9.79. The van der Waals surface area contributed by atoms with Gasteiger partial charge in [0.25, 0.3) is 0 Å². The molecular formula is C24H23Cl2N7O. The normalized spacial score (nSPS) is 17.8. The molecule has 1 atom stereocenters. The summed E-state index contributed by atoms with van der Waals surface area (Å²) >= 11 is 12.4. The van der Waals surface area contributed by atoms with Crippen molar-refractivity contribution in [3.63, 3.8) is 0 Å². The third-order valence-electron chi connectivity index (χ3n) is 6.70. The van der Waals surface area contributed by atoms with Gasteiger partial charge in [-0.25, -0.2) is 4.98 Å². The lowest BCUT2D eigenvalue weighted by Crippen LogP contribution is -2.57. The number of hydrogen-bond donors (Lipinski definition) is 3. The molecule has 1 spiro atoms. The number of pyridine rings is 2. The van der Waals surface area contributed by atoms with Gasteiger partial charge in [0.15, 0.2) is 6.23 Å². The van der Waals surface area contributed by atoms with Gasteiger partial charge in [-0.15, -0.1) is 0 Å². The molecule has 4 aromatic rings. The van der Waals surface area contributed by atoms with E-state index in [4.69, 9.17) is 38.7 Å². The third-order valence-corrected chi connectivity index (χ3v) is 7.30. The van der Waals surface area contributed by atoms with Crippen molar-refractivity contribution in [3.05, 3.63) is 64.5 Å². The molecule has 0 unspecified atom stereocenters. The molecule has 0 saturated carbocycles. The summed E-state index contributed by atoms with van der Waals surface area (Å²) in [7, 11) is 0. The van der Waals surface area contributed by atoms with Gasteiger partial charge in [0, 0.05) is 60.2 Å². The van der Waals surface area contributed by atoms with E-state index in [9.17, 15) is 0 Å². The number of halogens is 2. The van der Waals surface area contributed by atoms with E-state index < -0.39 is 6.23 Å². The lowest BCUT2D eigenvalue weighted by molar-refractivity contribution is 0.214. The van der Waals surface area contributed by atoms with E-state index in [1.807, 2.05) is 24.4 Å². The number of benzene rings is 1. The Morgan fingerprint density at radius 2 is 1.91 bits per heavy atom. The van der Waals surface area contributed by atoms with Gasteiger partial charge in [0.2, 0.25) is 0 Å². The van der Waals surface area contributed by atoms with Crippen molar-refractivity contribution in [1.29, 1.82) is 0 Å². The van der Waals surface area contributed by atoms with E-state index in [0.29, 0.717) is 26.8 Å². The summed E-state index contributed by atoms with van der Waals surface area (Å²) in [4.78, 5) is 11.0. The van der Waals surface area contributed by atoms with Gasteiger partial charge in [-0.05, 0) is 43.3 Å². The van der Waals surface area contributed by atoms with E-state index in [1.165, 1.54) is 18.8 Å². The van der Waals surface area contributed by atoms with Crippen molar-refractivity contribution in [2.45, 2.75) is 12.6 Å². The second-order valence-electron chi connectivity index (χ2n) is 9.02. The second-order valence-corrected chi connectivity index (χ2v) is 9.84. The van der Waals surface area contributed by atoms with E-state index in [-0.39, 0.29) is 0 Å². The first-order chi connectivity index (χ1) is 16.5. The fourth-order valence-electron chi connectivity index (χ4n) is 4.89. The number of nitrogens with zero attached hydrogens (tertiary/aromatic N) is 4. The molecule has 174 valence electrons. The highest BCUT2D eigenvalue weighted by Crippen LogP contribution is 2.39. The van der Waals surface area contributed by atoms with Gasteiger partial charge in [-0.3, -0.25) is 15.8 Å². The summed E-state index contributed by atoms with van der Waals surface area (Å²) in [6.45, 7) is 4.34. The number of nitrogens with two attached hydrogens (primary N) is 1. The summed E-state index contributed by atoms with van der Waals surface area (Å²) in [5, 5.41) is 12.7. The van der Waals surface area contributed by atoms with Crippen LogP contribution in [0.3, 0.4) is 0 Å². The van der Waals surface area contributed by atoms with E-state index in [0.717, 1.165) is 54.2 Å². The highest BCUT2D eigenvalue weighted by atomic mass is 35.5. The average Bonchev–Trinajstić information content (AvgIpc) is 3.46. The van der Waals surface area contributed by atoms with Crippen molar-refractivity contribution >= 4 is 39.9 Å². The van der Waals surface area contributed by atoms with Gasteiger partial charge in [0.05, 0.1) is 15.6 Å². The maximum Gasteiger partial charge on any atom is 0.177 e. The largest absolute Gasteiger partial charge is 0.471 e. The maximum absolute atomic E-state index is 6.24. The number of nitrogens with one attached hydrogen (secondary N) is 2. The highest BCUT2D eigenvalue weighted by Gasteiger charge is 2.45. The summed E-state index contributed by atoms with van der Waals surface area (Å²) in [6, 6.07) is 9.75. The zero-order valence-electron chi connectivity index (χ0n) is 18.3. The number of aromatic nitrogens is 4. The number of anilines is 1. The Bertz CT molecular complexity index is 1320. The minimum absolute atomic E-state index is 0.355.